The molecule has 0 aromatic heterocycles. The molecular weight excluding hydrogens is 416 g/mol. The van der Waals surface area contributed by atoms with Gasteiger partial charge in [0.15, 0.2) is 11.6 Å². The van der Waals surface area contributed by atoms with Crippen molar-refractivity contribution < 1.29 is 22.3 Å². The van der Waals surface area contributed by atoms with Crippen molar-refractivity contribution in [3.63, 3.8) is 0 Å². The first-order valence-corrected chi connectivity index (χ1v) is 10.6. The Morgan fingerprint density at radius 2 is 1.75 bits per heavy atom. The molecule has 0 aliphatic heterocycles. The summed E-state index contributed by atoms with van der Waals surface area (Å²) < 4.78 is 58.3. The minimum Gasteiger partial charge on any atom is -0.432 e. The van der Waals surface area contributed by atoms with Crippen LogP contribution in [-0.2, 0) is 0 Å². The van der Waals surface area contributed by atoms with E-state index in [9.17, 15) is 17.6 Å². The Labute approximate surface area is 184 Å². The second-order valence-corrected chi connectivity index (χ2v) is 8.00. The number of hydrogen-bond acceptors (Lipinski definition) is 1. The summed E-state index contributed by atoms with van der Waals surface area (Å²) in [5, 5.41) is 0.584. The van der Waals surface area contributed by atoms with Crippen molar-refractivity contribution >= 4 is 10.8 Å². The number of alkyl halides is 2. The first kappa shape index (κ1) is 22.0. The summed E-state index contributed by atoms with van der Waals surface area (Å²) in [5.74, 6) is 5.42. The predicted octanol–water partition coefficient (Wildman–Crippen LogP) is 7.73. The smallest absolute Gasteiger partial charge is 0.387 e. The number of ether oxygens (including phenoxy) is 1. The summed E-state index contributed by atoms with van der Waals surface area (Å²) in [6.45, 7) is 0.740. The van der Waals surface area contributed by atoms with E-state index in [-0.39, 0.29) is 5.39 Å². The van der Waals surface area contributed by atoms with Crippen LogP contribution in [0.15, 0.2) is 61.2 Å². The highest BCUT2D eigenvalue weighted by molar-refractivity contribution is 5.89. The molecule has 3 aromatic carbocycles. The Bertz CT molecular complexity index is 1200. The zero-order valence-corrected chi connectivity index (χ0v) is 17.4. The highest BCUT2D eigenvalue weighted by Gasteiger charge is 2.17. The van der Waals surface area contributed by atoms with Crippen LogP contribution in [-0.4, -0.2) is 6.61 Å². The molecular formula is C27H22F4O. The standard InChI is InChI=1S/C27H22F4O/c1-2-17-3-5-18(6-4-17)7-8-19-9-12-22(24(28)15-19)20-10-13-23-21(16-20)11-14-25(26(23)29)32-27(30)31/h2,9-18,27H,1,3-6H2. The summed E-state index contributed by atoms with van der Waals surface area (Å²) in [7, 11) is 0. The fraction of sp³-hybridized carbons (Fsp3) is 0.259. The van der Waals surface area contributed by atoms with Crippen LogP contribution in [0.2, 0.25) is 0 Å². The molecule has 0 saturated heterocycles. The lowest BCUT2D eigenvalue weighted by atomic mass is 9.82. The van der Waals surface area contributed by atoms with E-state index in [1.165, 1.54) is 18.2 Å². The molecule has 4 rings (SSSR count). The molecule has 164 valence electrons. The Kier molecular flexibility index (Phi) is 6.50. The number of fused-ring (bicyclic) bond motifs is 1. The lowest BCUT2D eigenvalue weighted by molar-refractivity contribution is -0.0520. The van der Waals surface area contributed by atoms with Crippen LogP contribution in [0.25, 0.3) is 21.9 Å². The normalized spacial score (nSPS) is 18.3. The lowest BCUT2D eigenvalue weighted by Gasteiger charge is -2.22. The predicted molar refractivity (Wildman–Crippen MR) is 118 cm³/mol. The van der Waals surface area contributed by atoms with Crippen molar-refractivity contribution in [3.05, 3.63) is 78.4 Å². The zero-order valence-electron chi connectivity index (χ0n) is 17.4. The molecule has 0 bridgehead atoms. The Hall–Kier alpha value is -3.26. The summed E-state index contributed by atoms with van der Waals surface area (Å²) in [6, 6.07) is 12.0. The highest BCUT2D eigenvalue weighted by Crippen LogP contribution is 2.32. The van der Waals surface area contributed by atoms with E-state index in [1.807, 2.05) is 6.08 Å². The first-order chi connectivity index (χ1) is 15.4. The van der Waals surface area contributed by atoms with Gasteiger partial charge in [-0.15, -0.1) is 6.58 Å². The molecule has 1 aliphatic carbocycles. The Morgan fingerprint density at radius 1 is 0.969 bits per heavy atom. The fourth-order valence-corrected chi connectivity index (χ4v) is 4.14. The lowest BCUT2D eigenvalue weighted by Crippen LogP contribution is -2.11. The Balaban J connectivity index is 1.55. The van der Waals surface area contributed by atoms with Gasteiger partial charge in [0.1, 0.15) is 5.82 Å². The van der Waals surface area contributed by atoms with Gasteiger partial charge in [-0.1, -0.05) is 42.2 Å². The van der Waals surface area contributed by atoms with Gasteiger partial charge >= 0.3 is 6.61 Å². The van der Waals surface area contributed by atoms with E-state index < -0.39 is 24.0 Å². The molecule has 0 unspecified atom stereocenters. The number of benzene rings is 3. The van der Waals surface area contributed by atoms with Crippen LogP contribution in [0.5, 0.6) is 5.75 Å². The maximum absolute atomic E-state index is 14.8. The zero-order chi connectivity index (χ0) is 22.7. The Morgan fingerprint density at radius 3 is 2.44 bits per heavy atom. The van der Waals surface area contributed by atoms with Crippen molar-refractivity contribution in [3.8, 4) is 28.7 Å². The maximum Gasteiger partial charge on any atom is 0.387 e. The minimum atomic E-state index is -3.11. The molecule has 3 aromatic rings. The average molecular weight is 438 g/mol. The number of allylic oxidation sites excluding steroid dienone is 1. The van der Waals surface area contributed by atoms with Crippen LogP contribution in [0.3, 0.4) is 0 Å². The first-order valence-electron chi connectivity index (χ1n) is 10.6. The van der Waals surface area contributed by atoms with E-state index in [1.54, 1.807) is 24.3 Å². The van der Waals surface area contributed by atoms with E-state index in [4.69, 9.17) is 0 Å². The van der Waals surface area contributed by atoms with Crippen LogP contribution >= 0.6 is 0 Å². The molecule has 0 heterocycles. The van der Waals surface area contributed by atoms with Crippen molar-refractivity contribution in [1.29, 1.82) is 0 Å². The second kappa shape index (κ2) is 9.48. The molecule has 0 N–H and O–H groups in total. The van der Waals surface area contributed by atoms with Crippen molar-refractivity contribution in [1.82, 2.24) is 0 Å². The van der Waals surface area contributed by atoms with Crippen LogP contribution in [0.4, 0.5) is 17.6 Å². The van der Waals surface area contributed by atoms with Crippen molar-refractivity contribution in [2.45, 2.75) is 32.3 Å². The second-order valence-electron chi connectivity index (χ2n) is 8.00. The number of halogens is 4. The summed E-state index contributed by atoms with van der Waals surface area (Å²) >= 11 is 0. The minimum absolute atomic E-state index is 0.126. The average Bonchev–Trinajstić information content (AvgIpc) is 2.79. The molecule has 0 radical (unpaired) electrons. The molecule has 1 fully saturated rings. The van der Waals surface area contributed by atoms with Gasteiger partial charge in [0.25, 0.3) is 0 Å². The van der Waals surface area contributed by atoms with Gasteiger partial charge in [-0.05, 0) is 66.8 Å². The summed E-state index contributed by atoms with van der Waals surface area (Å²) in [4.78, 5) is 0. The van der Waals surface area contributed by atoms with Gasteiger partial charge < -0.3 is 4.74 Å². The maximum atomic E-state index is 14.8. The number of hydrogen-bond donors (Lipinski definition) is 0. The van der Waals surface area contributed by atoms with Crippen LogP contribution in [0.1, 0.15) is 31.2 Å². The van der Waals surface area contributed by atoms with Gasteiger partial charge in [-0.25, -0.2) is 8.78 Å². The van der Waals surface area contributed by atoms with Gasteiger partial charge in [0.05, 0.1) is 0 Å². The van der Waals surface area contributed by atoms with Gasteiger partial charge in [0.2, 0.25) is 0 Å². The third kappa shape index (κ3) is 4.80. The van der Waals surface area contributed by atoms with E-state index in [0.29, 0.717) is 33.9 Å². The quantitative estimate of drug-likeness (QED) is 0.230. The third-order valence-corrected chi connectivity index (χ3v) is 5.94. The van der Waals surface area contributed by atoms with Gasteiger partial charge in [0, 0.05) is 22.4 Å². The summed E-state index contributed by atoms with van der Waals surface area (Å²) in [5.41, 5.74) is 1.52. The molecule has 32 heavy (non-hydrogen) atoms. The van der Waals surface area contributed by atoms with E-state index in [0.717, 1.165) is 31.7 Å². The molecule has 1 nitrogen and oxygen atoms in total. The van der Waals surface area contributed by atoms with Gasteiger partial charge in [-0.3, -0.25) is 0 Å². The summed E-state index contributed by atoms with van der Waals surface area (Å²) in [6.07, 6.45) is 6.25. The van der Waals surface area contributed by atoms with Crippen molar-refractivity contribution in [2.75, 3.05) is 0 Å². The molecule has 0 amide bonds. The van der Waals surface area contributed by atoms with E-state index >= 15 is 0 Å². The molecule has 0 atom stereocenters. The van der Waals surface area contributed by atoms with Crippen LogP contribution < -0.4 is 4.74 Å². The van der Waals surface area contributed by atoms with Crippen LogP contribution in [0, 0.1) is 35.3 Å². The largest absolute Gasteiger partial charge is 0.432 e. The van der Waals surface area contributed by atoms with E-state index in [2.05, 4.69) is 23.2 Å². The SMILES string of the molecule is C=CC1CCC(C#Cc2ccc(-c3ccc4c(F)c(OC(F)F)ccc4c3)c(F)c2)CC1. The van der Waals surface area contributed by atoms with Gasteiger partial charge in [-0.2, -0.15) is 8.78 Å². The molecule has 0 spiro atoms. The van der Waals surface area contributed by atoms with Crippen molar-refractivity contribution in [2.24, 2.45) is 11.8 Å². The topological polar surface area (TPSA) is 9.23 Å². The fourth-order valence-electron chi connectivity index (χ4n) is 4.14. The molecule has 1 saturated carbocycles. The monoisotopic (exact) mass is 438 g/mol. The number of rotatable bonds is 4. The molecule has 5 heteroatoms. The molecule has 1 aliphatic rings. The third-order valence-electron chi connectivity index (χ3n) is 5.94. The highest BCUT2D eigenvalue weighted by atomic mass is 19.3.